The zero-order valence-electron chi connectivity index (χ0n) is 12.7. The summed E-state index contributed by atoms with van der Waals surface area (Å²) < 4.78 is 0. The molecule has 0 bridgehead atoms. The molecule has 4 nitrogen and oxygen atoms in total. The van der Waals surface area contributed by atoms with Crippen molar-refractivity contribution in [3.63, 3.8) is 0 Å². The number of carbonyl (C=O) groups is 2. The number of nitrogens with one attached hydrogen (secondary N) is 1. The SMILES string of the molecule is C=CCN(C(=O)CC1C(=O)Nc2ccccc21)c1ccccc1. The standard InChI is InChI=1S/C19H18N2O2/c1-2-12-21(14-8-4-3-5-9-14)18(22)13-16-15-10-6-7-11-17(15)20-19(16)23/h2-11,16H,1,12-13H2,(H,20,23). The largest absolute Gasteiger partial charge is 0.325 e. The van der Waals surface area contributed by atoms with Gasteiger partial charge < -0.3 is 10.2 Å². The van der Waals surface area contributed by atoms with Gasteiger partial charge in [-0.15, -0.1) is 6.58 Å². The van der Waals surface area contributed by atoms with Crippen LogP contribution < -0.4 is 10.2 Å². The third kappa shape index (κ3) is 3.01. The van der Waals surface area contributed by atoms with Crippen molar-refractivity contribution in [1.82, 2.24) is 0 Å². The van der Waals surface area contributed by atoms with Crippen molar-refractivity contribution in [2.45, 2.75) is 12.3 Å². The second-order valence-electron chi connectivity index (χ2n) is 5.46. The molecular weight excluding hydrogens is 288 g/mol. The van der Waals surface area contributed by atoms with Gasteiger partial charge in [-0.05, 0) is 23.8 Å². The first kappa shape index (κ1) is 15.0. The molecule has 4 heteroatoms. The molecule has 3 rings (SSSR count). The fourth-order valence-corrected chi connectivity index (χ4v) is 2.85. The molecule has 2 amide bonds. The van der Waals surface area contributed by atoms with Crippen LogP contribution in [-0.4, -0.2) is 18.4 Å². The van der Waals surface area contributed by atoms with Crippen LogP contribution in [0.15, 0.2) is 67.3 Å². The molecule has 1 aliphatic rings. The van der Waals surface area contributed by atoms with Crippen LogP contribution in [0.1, 0.15) is 17.9 Å². The minimum Gasteiger partial charge on any atom is -0.325 e. The Morgan fingerprint density at radius 3 is 2.57 bits per heavy atom. The average molecular weight is 306 g/mol. The maximum Gasteiger partial charge on any atom is 0.232 e. The van der Waals surface area contributed by atoms with E-state index in [9.17, 15) is 9.59 Å². The van der Waals surface area contributed by atoms with Gasteiger partial charge in [0.2, 0.25) is 11.8 Å². The normalized spacial score (nSPS) is 15.7. The van der Waals surface area contributed by atoms with E-state index in [1.165, 1.54) is 0 Å². The maximum absolute atomic E-state index is 12.7. The molecule has 0 aliphatic carbocycles. The van der Waals surface area contributed by atoms with Crippen molar-refractivity contribution in [2.75, 3.05) is 16.8 Å². The van der Waals surface area contributed by atoms with E-state index in [4.69, 9.17) is 0 Å². The molecule has 1 unspecified atom stereocenters. The van der Waals surface area contributed by atoms with Crippen molar-refractivity contribution in [3.8, 4) is 0 Å². The highest BCUT2D eigenvalue weighted by Crippen LogP contribution is 2.35. The van der Waals surface area contributed by atoms with E-state index in [0.717, 1.165) is 16.9 Å². The van der Waals surface area contributed by atoms with Gasteiger partial charge in [0.05, 0.1) is 5.92 Å². The number of hydrogen-bond donors (Lipinski definition) is 1. The summed E-state index contributed by atoms with van der Waals surface area (Å²) in [7, 11) is 0. The molecular formula is C19H18N2O2. The number of amides is 2. The molecule has 1 atom stereocenters. The number of benzene rings is 2. The summed E-state index contributed by atoms with van der Waals surface area (Å²) in [5.74, 6) is -0.645. The van der Waals surface area contributed by atoms with E-state index < -0.39 is 5.92 Å². The van der Waals surface area contributed by atoms with Crippen molar-refractivity contribution in [3.05, 3.63) is 72.8 Å². The van der Waals surface area contributed by atoms with Gasteiger partial charge >= 0.3 is 0 Å². The predicted molar refractivity (Wildman–Crippen MR) is 91.4 cm³/mol. The summed E-state index contributed by atoms with van der Waals surface area (Å²) in [5, 5.41) is 2.83. The second kappa shape index (κ2) is 6.48. The van der Waals surface area contributed by atoms with Gasteiger partial charge in [-0.25, -0.2) is 0 Å². The van der Waals surface area contributed by atoms with Gasteiger partial charge in [-0.3, -0.25) is 9.59 Å². The van der Waals surface area contributed by atoms with E-state index >= 15 is 0 Å². The van der Waals surface area contributed by atoms with Crippen LogP contribution >= 0.6 is 0 Å². The summed E-state index contributed by atoms with van der Waals surface area (Å²) in [5.41, 5.74) is 2.49. The van der Waals surface area contributed by atoms with Crippen LogP contribution in [0.25, 0.3) is 0 Å². The number of fused-ring (bicyclic) bond motifs is 1. The van der Waals surface area contributed by atoms with Gasteiger partial charge in [0, 0.05) is 24.3 Å². The number of carbonyl (C=O) groups excluding carboxylic acids is 2. The lowest BCUT2D eigenvalue weighted by atomic mass is 9.96. The van der Waals surface area contributed by atoms with Gasteiger partial charge in [-0.1, -0.05) is 42.5 Å². The van der Waals surface area contributed by atoms with Crippen molar-refractivity contribution in [1.29, 1.82) is 0 Å². The van der Waals surface area contributed by atoms with E-state index in [-0.39, 0.29) is 18.2 Å². The molecule has 0 radical (unpaired) electrons. The Balaban J connectivity index is 1.82. The number of rotatable bonds is 5. The van der Waals surface area contributed by atoms with E-state index in [1.54, 1.807) is 11.0 Å². The summed E-state index contributed by atoms with van der Waals surface area (Å²) in [6.45, 7) is 4.13. The van der Waals surface area contributed by atoms with Crippen LogP contribution in [0.5, 0.6) is 0 Å². The topological polar surface area (TPSA) is 49.4 Å². The molecule has 0 aromatic heterocycles. The minimum atomic E-state index is -0.435. The molecule has 23 heavy (non-hydrogen) atoms. The Labute approximate surface area is 135 Å². The van der Waals surface area contributed by atoms with Crippen LogP contribution in [0.2, 0.25) is 0 Å². The maximum atomic E-state index is 12.7. The molecule has 0 saturated heterocycles. The Bertz CT molecular complexity index is 740. The first-order valence-electron chi connectivity index (χ1n) is 7.57. The lowest BCUT2D eigenvalue weighted by Crippen LogP contribution is -2.33. The van der Waals surface area contributed by atoms with E-state index in [0.29, 0.717) is 6.54 Å². The fourth-order valence-electron chi connectivity index (χ4n) is 2.85. The Morgan fingerprint density at radius 2 is 1.83 bits per heavy atom. The molecule has 1 N–H and O–H groups in total. The van der Waals surface area contributed by atoms with E-state index in [2.05, 4.69) is 11.9 Å². The van der Waals surface area contributed by atoms with Crippen LogP contribution in [-0.2, 0) is 9.59 Å². The van der Waals surface area contributed by atoms with Crippen molar-refractivity contribution < 1.29 is 9.59 Å². The number of anilines is 2. The predicted octanol–water partition coefficient (Wildman–Crippen LogP) is 3.33. The van der Waals surface area contributed by atoms with Gasteiger partial charge in [-0.2, -0.15) is 0 Å². The van der Waals surface area contributed by atoms with Gasteiger partial charge in [0.15, 0.2) is 0 Å². The molecule has 2 aromatic carbocycles. The zero-order chi connectivity index (χ0) is 16.2. The Kier molecular flexibility index (Phi) is 4.24. The fraction of sp³-hybridized carbons (Fsp3) is 0.158. The molecule has 0 saturated carbocycles. The first-order chi connectivity index (χ1) is 11.2. The molecule has 1 heterocycles. The quantitative estimate of drug-likeness (QED) is 0.861. The number of para-hydroxylation sites is 2. The Morgan fingerprint density at radius 1 is 1.13 bits per heavy atom. The minimum absolute atomic E-state index is 0.0899. The van der Waals surface area contributed by atoms with Crippen molar-refractivity contribution in [2.24, 2.45) is 0 Å². The Hall–Kier alpha value is -2.88. The van der Waals surface area contributed by atoms with Crippen LogP contribution in [0, 0.1) is 0 Å². The summed E-state index contributed by atoms with van der Waals surface area (Å²) >= 11 is 0. The summed E-state index contributed by atoms with van der Waals surface area (Å²) in [4.78, 5) is 26.6. The van der Waals surface area contributed by atoms with Crippen molar-refractivity contribution >= 4 is 23.2 Å². The molecule has 116 valence electrons. The number of nitrogens with zero attached hydrogens (tertiary/aromatic N) is 1. The third-order valence-corrected chi connectivity index (χ3v) is 3.97. The summed E-state index contributed by atoms with van der Waals surface area (Å²) in [6.07, 6.45) is 1.83. The van der Waals surface area contributed by atoms with E-state index in [1.807, 2.05) is 54.6 Å². The van der Waals surface area contributed by atoms with Crippen LogP contribution in [0.3, 0.4) is 0 Å². The smallest absolute Gasteiger partial charge is 0.232 e. The summed E-state index contributed by atoms with van der Waals surface area (Å²) in [6, 6.07) is 16.9. The highest BCUT2D eigenvalue weighted by Gasteiger charge is 2.33. The molecule has 0 fully saturated rings. The highest BCUT2D eigenvalue weighted by molar-refractivity contribution is 6.06. The van der Waals surface area contributed by atoms with Gasteiger partial charge in [0.25, 0.3) is 0 Å². The van der Waals surface area contributed by atoms with Gasteiger partial charge in [0.1, 0.15) is 0 Å². The first-order valence-corrected chi connectivity index (χ1v) is 7.57. The highest BCUT2D eigenvalue weighted by atomic mass is 16.2. The monoisotopic (exact) mass is 306 g/mol. The third-order valence-electron chi connectivity index (χ3n) is 3.97. The lowest BCUT2D eigenvalue weighted by molar-refractivity contribution is -0.123. The molecule has 2 aromatic rings. The number of hydrogen-bond acceptors (Lipinski definition) is 2. The second-order valence-corrected chi connectivity index (χ2v) is 5.46. The van der Waals surface area contributed by atoms with Crippen LogP contribution in [0.4, 0.5) is 11.4 Å². The average Bonchev–Trinajstić information content (AvgIpc) is 2.89. The lowest BCUT2D eigenvalue weighted by Gasteiger charge is -2.22. The zero-order valence-corrected chi connectivity index (χ0v) is 12.7. The molecule has 0 spiro atoms. The molecule has 1 aliphatic heterocycles.